The molecule has 2 rings (SSSR count). The maximum atomic E-state index is 11.7. The Balaban J connectivity index is 1.86. The lowest BCUT2D eigenvalue weighted by atomic mass is 10.1. The zero-order chi connectivity index (χ0) is 17.5. The van der Waals surface area contributed by atoms with Crippen LogP contribution < -0.4 is 10.2 Å². The van der Waals surface area contributed by atoms with Crippen LogP contribution in [0.3, 0.4) is 0 Å². The first-order chi connectivity index (χ1) is 11.4. The fourth-order valence-electron chi connectivity index (χ4n) is 2.09. The SMILES string of the molecule is Cc1cc(C)cc(OCC(=O)N/N=C/c2cccc([N+](=O)[O-])c2)c1. The van der Waals surface area contributed by atoms with Gasteiger partial charge in [0.2, 0.25) is 0 Å². The second kappa shape index (κ2) is 7.87. The smallest absolute Gasteiger partial charge is 0.277 e. The van der Waals surface area contributed by atoms with Gasteiger partial charge >= 0.3 is 0 Å². The summed E-state index contributed by atoms with van der Waals surface area (Å²) in [5, 5.41) is 14.4. The van der Waals surface area contributed by atoms with Crippen LogP contribution in [0.1, 0.15) is 16.7 Å². The predicted octanol–water partition coefficient (Wildman–Crippen LogP) is 2.74. The summed E-state index contributed by atoms with van der Waals surface area (Å²) in [5.41, 5.74) is 4.89. The molecule has 0 aromatic heterocycles. The minimum absolute atomic E-state index is 0.0385. The van der Waals surface area contributed by atoms with Crippen LogP contribution in [-0.4, -0.2) is 23.7 Å². The highest BCUT2D eigenvalue weighted by Crippen LogP contribution is 2.16. The molecule has 2 aromatic rings. The van der Waals surface area contributed by atoms with Crippen molar-refractivity contribution in [3.05, 3.63) is 69.3 Å². The number of nitrogens with one attached hydrogen (secondary N) is 1. The topological polar surface area (TPSA) is 93.8 Å². The van der Waals surface area contributed by atoms with Gasteiger partial charge in [0, 0.05) is 17.7 Å². The largest absolute Gasteiger partial charge is 0.484 e. The van der Waals surface area contributed by atoms with E-state index in [2.05, 4.69) is 10.5 Å². The number of carbonyl (C=O) groups excluding carboxylic acids is 1. The normalized spacial score (nSPS) is 10.6. The Kier molecular flexibility index (Phi) is 5.62. The summed E-state index contributed by atoms with van der Waals surface area (Å²) >= 11 is 0. The molecular formula is C17H17N3O4. The third-order valence-electron chi connectivity index (χ3n) is 3.05. The number of benzene rings is 2. The maximum Gasteiger partial charge on any atom is 0.277 e. The van der Waals surface area contributed by atoms with E-state index < -0.39 is 10.8 Å². The molecule has 0 bridgehead atoms. The van der Waals surface area contributed by atoms with Crippen molar-refractivity contribution in [3.63, 3.8) is 0 Å². The van der Waals surface area contributed by atoms with Gasteiger partial charge < -0.3 is 4.74 Å². The van der Waals surface area contributed by atoms with Crippen LogP contribution in [0.5, 0.6) is 5.75 Å². The van der Waals surface area contributed by atoms with Crippen LogP contribution in [-0.2, 0) is 4.79 Å². The van der Waals surface area contributed by atoms with Gasteiger partial charge in [0.15, 0.2) is 6.61 Å². The Labute approximate surface area is 139 Å². The highest BCUT2D eigenvalue weighted by Gasteiger charge is 2.05. The van der Waals surface area contributed by atoms with Crippen molar-refractivity contribution in [2.45, 2.75) is 13.8 Å². The Morgan fingerprint density at radius 3 is 2.62 bits per heavy atom. The van der Waals surface area contributed by atoms with Crippen molar-refractivity contribution >= 4 is 17.8 Å². The summed E-state index contributed by atoms with van der Waals surface area (Å²) in [5.74, 6) is 0.196. The Morgan fingerprint density at radius 2 is 1.96 bits per heavy atom. The van der Waals surface area contributed by atoms with Crippen molar-refractivity contribution in [1.29, 1.82) is 0 Å². The van der Waals surface area contributed by atoms with E-state index in [0.717, 1.165) is 11.1 Å². The average molecular weight is 327 g/mol. The lowest BCUT2D eigenvalue weighted by Crippen LogP contribution is -2.24. The first kappa shape index (κ1) is 17.1. The third kappa shape index (κ3) is 5.20. The summed E-state index contributed by atoms with van der Waals surface area (Å²) in [7, 11) is 0. The molecule has 24 heavy (non-hydrogen) atoms. The van der Waals surface area contributed by atoms with Crippen LogP contribution in [0.15, 0.2) is 47.6 Å². The van der Waals surface area contributed by atoms with Gasteiger partial charge in [-0.05, 0) is 37.1 Å². The fourth-order valence-corrected chi connectivity index (χ4v) is 2.09. The molecule has 1 N–H and O–H groups in total. The molecule has 0 unspecified atom stereocenters. The molecule has 0 atom stereocenters. The molecule has 0 aliphatic rings. The van der Waals surface area contributed by atoms with Gasteiger partial charge in [0.25, 0.3) is 11.6 Å². The van der Waals surface area contributed by atoms with Gasteiger partial charge in [0.1, 0.15) is 5.75 Å². The number of nitrogens with zero attached hydrogens (tertiary/aromatic N) is 2. The number of hydrazone groups is 1. The van der Waals surface area contributed by atoms with E-state index in [-0.39, 0.29) is 12.3 Å². The van der Waals surface area contributed by atoms with E-state index in [4.69, 9.17) is 4.74 Å². The molecule has 0 radical (unpaired) electrons. The second-order valence-electron chi connectivity index (χ2n) is 5.26. The van der Waals surface area contributed by atoms with Crippen LogP contribution in [0.2, 0.25) is 0 Å². The lowest BCUT2D eigenvalue weighted by Gasteiger charge is -2.07. The Hall–Kier alpha value is -3.22. The number of non-ortho nitro benzene ring substituents is 1. The number of amides is 1. The number of aryl methyl sites for hydroxylation is 2. The van der Waals surface area contributed by atoms with Gasteiger partial charge in [-0.1, -0.05) is 18.2 Å². The quantitative estimate of drug-likeness (QED) is 0.501. The molecule has 7 heteroatoms. The minimum Gasteiger partial charge on any atom is -0.484 e. The van der Waals surface area contributed by atoms with Gasteiger partial charge in [-0.15, -0.1) is 0 Å². The molecule has 0 aliphatic carbocycles. The van der Waals surface area contributed by atoms with Crippen molar-refractivity contribution in [2.75, 3.05) is 6.61 Å². The van der Waals surface area contributed by atoms with E-state index >= 15 is 0 Å². The standard InChI is InChI=1S/C17H17N3O4/c1-12-6-13(2)8-16(7-12)24-11-17(21)19-18-10-14-4-3-5-15(9-14)20(22)23/h3-10H,11H2,1-2H3,(H,19,21)/b18-10+. The van der Waals surface area contributed by atoms with Gasteiger partial charge in [-0.2, -0.15) is 5.10 Å². The van der Waals surface area contributed by atoms with Crippen LogP contribution in [0.4, 0.5) is 5.69 Å². The molecule has 0 saturated heterocycles. The number of hydrogen-bond donors (Lipinski definition) is 1. The van der Waals surface area contributed by atoms with Crippen molar-refractivity contribution < 1.29 is 14.5 Å². The summed E-state index contributed by atoms with van der Waals surface area (Å²) in [6, 6.07) is 11.6. The third-order valence-corrected chi connectivity index (χ3v) is 3.05. The second-order valence-corrected chi connectivity index (χ2v) is 5.26. The predicted molar refractivity (Wildman–Crippen MR) is 90.2 cm³/mol. The molecule has 0 fully saturated rings. The molecule has 7 nitrogen and oxygen atoms in total. The first-order valence-corrected chi connectivity index (χ1v) is 7.21. The van der Waals surface area contributed by atoms with Crippen molar-refractivity contribution in [1.82, 2.24) is 5.43 Å². The van der Waals surface area contributed by atoms with Crippen LogP contribution in [0, 0.1) is 24.0 Å². The van der Waals surface area contributed by atoms with Crippen LogP contribution in [0.25, 0.3) is 0 Å². The summed E-state index contributed by atoms with van der Waals surface area (Å²) < 4.78 is 5.41. The lowest BCUT2D eigenvalue weighted by molar-refractivity contribution is -0.384. The van der Waals surface area contributed by atoms with Crippen molar-refractivity contribution in [3.8, 4) is 5.75 Å². The maximum absolute atomic E-state index is 11.7. The van der Waals surface area contributed by atoms with Gasteiger partial charge in [-0.25, -0.2) is 5.43 Å². The average Bonchev–Trinajstić information content (AvgIpc) is 2.52. The molecule has 0 spiro atoms. The zero-order valence-corrected chi connectivity index (χ0v) is 13.4. The van der Waals surface area contributed by atoms with Crippen LogP contribution >= 0.6 is 0 Å². The molecule has 1 amide bonds. The highest BCUT2D eigenvalue weighted by atomic mass is 16.6. The summed E-state index contributed by atoms with van der Waals surface area (Å²) in [4.78, 5) is 21.9. The zero-order valence-electron chi connectivity index (χ0n) is 13.4. The van der Waals surface area contributed by atoms with E-state index in [1.54, 1.807) is 12.1 Å². The highest BCUT2D eigenvalue weighted by molar-refractivity contribution is 5.83. The Morgan fingerprint density at radius 1 is 1.25 bits per heavy atom. The monoisotopic (exact) mass is 327 g/mol. The Bertz CT molecular complexity index is 767. The molecule has 0 saturated carbocycles. The molecule has 0 heterocycles. The number of carbonyl (C=O) groups is 1. The number of hydrogen-bond acceptors (Lipinski definition) is 5. The molecule has 2 aromatic carbocycles. The minimum atomic E-state index is -0.492. The number of ether oxygens (including phenoxy) is 1. The van der Waals surface area contributed by atoms with Crippen molar-refractivity contribution in [2.24, 2.45) is 5.10 Å². The van der Waals surface area contributed by atoms with E-state index in [1.807, 2.05) is 32.0 Å². The van der Waals surface area contributed by atoms with E-state index in [1.165, 1.54) is 18.3 Å². The molecule has 0 aliphatic heterocycles. The summed E-state index contributed by atoms with van der Waals surface area (Å²) in [6.45, 7) is 3.72. The van der Waals surface area contributed by atoms with E-state index in [0.29, 0.717) is 11.3 Å². The molecule has 124 valence electrons. The number of rotatable bonds is 6. The molecular weight excluding hydrogens is 310 g/mol. The number of nitro benzene ring substituents is 1. The number of nitro groups is 1. The fraction of sp³-hybridized carbons (Fsp3) is 0.176. The van der Waals surface area contributed by atoms with E-state index in [9.17, 15) is 14.9 Å². The summed E-state index contributed by atoms with van der Waals surface area (Å²) in [6.07, 6.45) is 1.34. The first-order valence-electron chi connectivity index (χ1n) is 7.21. The van der Waals surface area contributed by atoms with Gasteiger partial charge in [-0.3, -0.25) is 14.9 Å². The van der Waals surface area contributed by atoms with Gasteiger partial charge in [0.05, 0.1) is 11.1 Å².